The Morgan fingerprint density at radius 2 is 1.48 bits per heavy atom. The van der Waals surface area contributed by atoms with E-state index >= 15 is 0 Å². The van der Waals surface area contributed by atoms with Crippen LogP contribution in [0.15, 0.2) is 53.4 Å². The molecule has 2 aromatic carbocycles. The lowest BCUT2D eigenvalue weighted by Gasteiger charge is -2.18. The van der Waals surface area contributed by atoms with Crippen molar-refractivity contribution in [3.05, 3.63) is 54.1 Å². The summed E-state index contributed by atoms with van der Waals surface area (Å²) in [5, 5.41) is 5.37. The van der Waals surface area contributed by atoms with Crippen LogP contribution in [0.5, 0.6) is 0 Å². The molecule has 0 fully saturated rings. The highest BCUT2D eigenvalue weighted by atomic mass is 32.2. The Kier molecular flexibility index (Phi) is 6.70. The summed E-state index contributed by atoms with van der Waals surface area (Å²) in [5.74, 6) is -0.578. The second-order valence-electron chi connectivity index (χ2n) is 5.83. The average Bonchev–Trinajstić information content (AvgIpc) is 2.62. The van der Waals surface area contributed by atoms with Gasteiger partial charge < -0.3 is 10.6 Å². The van der Waals surface area contributed by atoms with Gasteiger partial charge in [0.2, 0.25) is 15.9 Å². The third kappa shape index (κ3) is 5.15. The number of rotatable bonds is 7. The summed E-state index contributed by atoms with van der Waals surface area (Å²) >= 11 is 0. The van der Waals surface area contributed by atoms with E-state index in [9.17, 15) is 18.0 Å². The summed E-state index contributed by atoms with van der Waals surface area (Å²) < 4.78 is 26.3. The Labute approximate surface area is 159 Å². The molecule has 0 unspecified atom stereocenters. The first-order valence-electron chi connectivity index (χ1n) is 8.57. The van der Waals surface area contributed by atoms with Gasteiger partial charge in [-0.05, 0) is 42.5 Å². The minimum Gasteiger partial charge on any atom is -0.326 e. The van der Waals surface area contributed by atoms with Gasteiger partial charge in [-0.25, -0.2) is 8.42 Å². The van der Waals surface area contributed by atoms with Crippen LogP contribution in [0.1, 0.15) is 31.1 Å². The number of benzene rings is 2. The second-order valence-corrected chi connectivity index (χ2v) is 7.77. The quantitative estimate of drug-likeness (QED) is 0.761. The molecule has 7 nitrogen and oxygen atoms in total. The topological polar surface area (TPSA) is 95.6 Å². The molecule has 0 bridgehead atoms. The number of nitrogens with one attached hydrogen (secondary N) is 2. The maximum absolute atomic E-state index is 12.5. The normalized spacial score (nSPS) is 11.3. The first kappa shape index (κ1) is 20.6. The maximum atomic E-state index is 12.5. The van der Waals surface area contributed by atoms with Crippen molar-refractivity contribution in [2.45, 2.75) is 25.7 Å². The fraction of sp³-hybridized carbons (Fsp3) is 0.263. The smallest absolute Gasteiger partial charge is 0.255 e. The number of carbonyl (C=O) groups is 2. The molecular weight excluding hydrogens is 366 g/mol. The summed E-state index contributed by atoms with van der Waals surface area (Å²) in [5.41, 5.74) is 1.42. The van der Waals surface area contributed by atoms with Crippen molar-refractivity contribution in [1.29, 1.82) is 0 Å². The van der Waals surface area contributed by atoms with Crippen LogP contribution >= 0.6 is 0 Å². The van der Waals surface area contributed by atoms with Gasteiger partial charge in [0.25, 0.3) is 5.91 Å². The lowest BCUT2D eigenvalue weighted by atomic mass is 10.2. The molecule has 0 saturated heterocycles. The van der Waals surface area contributed by atoms with Crippen molar-refractivity contribution in [3.63, 3.8) is 0 Å². The van der Waals surface area contributed by atoms with Crippen LogP contribution in [-0.4, -0.2) is 37.6 Å². The molecule has 0 aliphatic carbocycles. The fourth-order valence-electron chi connectivity index (χ4n) is 2.57. The van der Waals surface area contributed by atoms with E-state index in [1.54, 1.807) is 38.1 Å². The molecule has 0 aliphatic heterocycles. The molecule has 27 heavy (non-hydrogen) atoms. The number of amides is 2. The zero-order valence-corrected chi connectivity index (χ0v) is 16.3. The number of carbonyl (C=O) groups excluding carboxylic acids is 2. The number of hydrogen-bond acceptors (Lipinski definition) is 4. The van der Waals surface area contributed by atoms with Crippen molar-refractivity contribution in [2.75, 3.05) is 23.7 Å². The van der Waals surface area contributed by atoms with Gasteiger partial charge in [0.1, 0.15) is 0 Å². The standard InChI is InChI=1S/C19H23N3O4S/c1-4-22(5-2)27(25,26)18-11-9-15(10-12-18)19(24)21-17-8-6-7-16(13-17)20-14(3)23/h6-13H,4-5H2,1-3H3,(H,20,23)(H,21,24). The van der Waals surface area contributed by atoms with E-state index in [2.05, 4.69) is 10.6 Å². The van der Waals surface area contributed by atoms with Crippen molar-refractivity contribution in [1.82, 2.24) is 4.31 Å². The molecule has 0 atom stereocenters. The van der Waals surface area contributed by atoms with Gasteiger partial charge in [-0.3, -0.25) is 9.59 Å². The van der Waals surface area contributed by atoms with Crippen LogP contribution in [-0.2, 0) is 14.8 Å². The van der Waals surface area contributed by atoms with E-state index in [0.29, 0.717) is 30.0 Å². The van der Waals surface area contributed by atoms with Crippen LogP contribution in [0.4, 0.5) is 11.4 Å². The number of hydrogen-bond donors (Lipinski definition) is 2. The predicted octanol–water partition coefficient (Wildman–Crippen LogP) is 2.93. The van der Waals surface area contributed by atoms with Gasteiger partial charge in [-0.1, -0.05) is 19.9 Å². The van der Waals surface area contributed by atoms with Crippen molar-refractivity contribution in [3.8, 4) is 0 Å². The Balaban J connectivity index is 2.15. The highest BCUT2D eigenvalue weighted by molar-refractivity contribution is 7.89. The third-order valence-electron chi connectivity index (χ3n) is 3.90. The highest BCUT2D eigenvalue weighted by Crippen LogP contribution is 2.18. The van der Waals surface area contributed by atoms with Gasteiger partial charge in [0.15, 0.2) is 0 Å². The van der Waals surface area contributed by atoms with Crippen molar-refractivity contribution < 1.29 is 18.0 Å². The summed E-state index contributed by atoms with van der Waals surface area (Å²) in [6.07, 6.45) is 0. The SMILES string of the molecule is CCN(CC)S(=O)(=O)c1ccc(C(=O)Nc2cccc(NC(C)=O)c2)cc1. The van der Waals surface area contributed by atoms with E-state index < -0.39 is 10.0 Å². The zero-order chi connectivity index (χ0) is 20.0. The number of anilines is 2. The van der Waals surface area contributed by atoms with Crippen LogP contribution in [0.3, 0.4) is 0 Å². The van der Waals surface area contributed by atoms with E-state index in [4.69, 9.17) is 0 Å². The number of sulfonamides is 1. The lowest BCUT2D eigenvalue weighted by molar-refractivity contribution is -0.114. The summed E-state index contributed by atoms with van der Waals surface area (Å²) in [6.45, 7) is 5.71. The summed E-state index contributed by atoms with van der Waals surface area (Å²) in [7, 11) is -3.56. The summed E-state index contributed by atoms with van der Waals surface area (Å²) in [4.78, 5) is 23.7. The fourth-order valence-corrected chi connectivity index (χ4v) is 4.03. The molecule has 2 amide bonds. The van der Waals surface area contributed by atoms with E-state index in [1.165, 1.54) is 35.5 Å². The first-order chi connectivity index (χ1) is 12.8. The molecule has 0 aliphatic rings. The van der Waals surface area contributed by atoms with E-state index in [0.717, 1.165) is 0 Å². The van der Waals surface area contributed by atoms with Crippen molar-refractivity contribution in [2.24, 2.45) is 0 Å². The largest absolute Gasteiger partial charge is 0.326 e. The zero-order valence-electron chi connectivity index (χ0n) is 15.5. The maximum Gasteiger partial charge on any atom is 0.255 e. The van der Waals surface area contributed by atoms with Gasteiger partial charge in [0.05, 0.1) is 4.90 Å². The molecule has 2 N–H and O–H groups in total. The van der Waals surface area contributed by atoms with Gasteiger partial charge in [0, 0.05) is 37.0 Å². The molecule has 0 spiro atoms. The monoisotopic (exact) mass is 389 g/mol. The Hall–Kier alpha value is -2.71. The molecule has 0 aromatic heterocycles. The Bertz CT molecular complexity index is 920. The van der Waals surface area contributed by atoms with Crippen LogP contribution in [0.2, 0.25) is 0 Å². The predicted molar refractivity (Wildman–Crippen MR) is 105 cm³/mol. The lowest BCUT2D eigenvalue weighted by Crippen LogP contribution is -2.30. The van der Waals surface area contributed by atoms with Gasteiger partial charge in [-0.2, -0.15) is 4.31 Å². The molecule has 2 aromatic rings. The minimum atomic E-state index is -3.56. The summed E-state index contributed by atoms with van der Waals surface area (Å²) in [6, 6.07) is 12.6. The molecule has 0 saturated carbocycles. The molecule has 144 valence electrons. The molecule has 8 heteroatoms. The Morgan fingerprint density at radius 1 is 0.926 bits per heavy atom. The molecule has 0 heterocycles. The van der Waals surface area contributed by atoms with Crippen LogP contribution in [0.25, 0.3) is 0 Å². The number of nitrogens with zero attached hydrogens (tertiary/aromatic N) is 1. The van der Waals surface area contributed by atoms with Crippen molar-refractivity contribution >= 4 is 33.2 Å². The Morgan fingerprint density at radius 3 is 2.00 bits per heavy atom. The highest BCUT2D eigenvalue weighted by Gasteiger charge is 2.21. The average molecular weight is 389 g/mol. The first-order valence-corrected chi connectivity index (χ1v) is 10.0. The minimum absolute atomic E-state index is 0.149. The molecular formula is C19H23N3O4S. The van der Waals surface area contributed by atoms with Crippen LogP contribution in [0, 0.1) is 0 Å². The van der Waals surface area contributed by atoms with E-state index in [-0.39, 0.29) is 16.7 Å². The second kappa shape index (κ2) is 8.79. The van der Waals surface area contributed by atoms with Crippen LogP contribution < -0.4 is 10.6 Å². The molecule has 0 radical (unpaired) electrons. The van der Waals surface area contributed by atoms with Gasteiger partial charge in [-0.15, -0.1) is 0 Å². The van der Waals surface area contributed by atoms with Gasteiger partial charge >= 0.3 is 0 Å². The molecule has 2 rings (SSSR count). The van der Waals surface area contributed by atoms with E-state index in [1.807, 2.05) is 0 Å². The third-order valence-corrected chi connectivity index (χ3v) is 5.96.